The summed E-state index contributed by atoms with van der Waals surface area (Å²) >= 11 is 3.55. The number of fused-ring (bicyclic) bond motifs is 1. The molecule has 1 aliphatic rings. The summed E-state index contributed by atoms with van der Waals surface area (Å²) in [6, 6.07) is 8.33. The van der Waals surface area contributed by atoms with Crippen molar-refractivity contribution in [1.29, 1.82) is 0 Å². The maximum Gasteiger partial charge on any atom is 0.160 e. The molecule has 1 aromatic heterocycles. The van der Waals surface area contributed by atoms with Crippen LogP contribution in [0.4, 0.5) is 0 Å². The van der Waals surface area contributed by atoms with Crippen molar-refractivity contribution in [2.45, 2.75) is 19.9 Å². The third kappa shape index (κ3) is 2.18. The Morgan fingerprint density at radius 2 is 1.94 bits per heavy atom. The number of aromatic nitrogens is 2. The molecule has 3 nitrogen and oxygen atoms in total. The molecular weight excluding hydrogens is 290 g/mol. The van der Waals surface area contributed by atoms with Crippen molar-refractivity contribution in [2.75, 3.05) is 6.54 Å². The molecular formula is C14H14BrN3. The van der Waals surface area contributed by atoms with E-state index in [0.29, 0.717) is 0 Å². The lowest BCUT2D eigenvalue weighted by molar-refractivity contribution is 0.623. The Morgan fingerprint density at radius 1 is 1.17 bits per heavy atom. The van der Waals surface area contributed by atoms with E-state index in [0.717, 1.165) is 41.2 Å². The van der Waals surface area contributed by atoms with Crippen molar-refractivity contribution in [3.05, 3.63) is 45.7 Å². The number of benzene rings is 1. The Balaban J connectivity index is 2.08. The molecule has 18 heavy (non-hydrogen) atoms. The van der Waals surface area contributed by atoms with Gasteiger partial charge in [0.05, 0.1) is 5.69 Å². The lowest BCUT2D eigenvalue weighted by Crippen LogP contribution is -2.25. The van der Waals surface area contributed by atoms with E-state index in [-0.39, 0.29) is 0 Å². The highest BCUT2D eigenvalue weighted by molar-refractivity contribution is 9.10. The van der Waals surface area contributed by atoms with Gasteiger partial charge >= 0.3 is 0 Å². The number of nitrogens with zero attached hydrogens (tertiary/aromatic N) is 2. The van der Waals surface area contributed by atoms with Gasteiger partial charge in [-0.15, -0.1) is 0 Å². The molecule has 1 aliphatic heterocycles. The third-order valence-corrected chi connectivity index (χ3v) is 3.85. The van der Waals surface area contributed by atoms with Gasteiger partial charge in [-0.25, -0.2) is 9.97 Å². The summed E-state index contributed by atoms with van der Waals surface area (Å²) in [6.45, 7) is 3.92. The quantitative estimate of drug-likeness (QED) is 0.823. The largest absolute Gasteiger partial charge is 0.312 e. The molecule has 0 unspecified atom stereocenters. The van der Waals surface area contributed by atoms with E-state index in [1.54, 1.807) is 0 Å². The maximum absolute atomic E-state index is 4.69. The average molecular weight is 304 g/mol. The predicted octanol–water partition coefficient (Wildman–Crippen LogP) is 2.86. The van der Waals surface area contributed by atoms with Crippen LogP contribution in [-0.4, -0.2) is 16.5 Å². The molecule has 0 fully saturated rings. The van der Waals surface area contributed by atoms with Crippen LogP contribution in [0.3, 0.4) is 0 Å². The first-order chi connectivity index (χ1) is 8.74. The Hall–Kier alpha value is -1.26. The van der Waals surface area contributed by atoms with Gasteiger partial charge < -0.3 is 5.32 Å². The molecule has 4 heteroatoms. The highest BCUT2D eigenvalue weighted by atomic mass is 79.9. The molecule has 2 aromatic rings. The fraction of sp³-hybridized carbons (Fsp3) is 0.286. The van der Waals surface area contributed by atoms with Gasteiger partial charge in [0.15, 0.2) is 5.82 Å². The van der Waals surface area contributed by atoms with Crippen molar-refractivity contribution in [3.63, 3.8) is 0 Å². The topological polar surface area (TPSA) is 37.8 Å². The van der Waals surface area contributed by atoms with E-state index in [9.17, 15) is 0 Å². The lowest BCUT2D eigenvalue weighted by atomic mass is 10.1. The summed E-state index contributed by atoms with van der Waals surface area (Å²) in [5.74, 6) is 0.808. The minimum Gasteiger partial charge on any atom is -0.312 e. The predicted molar refractivity (Wildman–Crippen MR) is 75.3 cm³/mol. The van der Waals surface area contributed by atoms with Crippen molar-refractivity contribution in [1.82, 2.24) is 15.3 Å². The van der Waals surface area contributed by atoms with Gasteiger partial charge in [0, 0.05) is 30.6 Å². The monoisotopic (exact) mass is 303 g/mol. The number of rotatable bonds is 1. The van der Waals surface area contributed by atoms with E-state index in [1.807, 2.05) is 0 Å². The van der Waals surface area contributed by atoms with E-state index < -0.39 is 0 Å². The van der Waals surface area contributed by atoms with Gasteiger partial charge in [0.2, 0.25) is 0 Å². The van der Waals surface area contributed by atoms with Gasteiger partial charge in [-0.3, -0.25) is 0 Å². The van der Waals surface area contributed by atoms with Crippen LogP contribution in [-0.2, 0) is 13.0 Å². The van der Waals surface area contributed by atoms with Crippen LogP contribution in [0.1, 0.15) is 16.8 Å². The van der Waals surface area contributed by atoms with Gasteiger partial charge in [0.1, 0.15) is 4.60 Å². The number of halogens is 1. The van der Waals surface area contributed by atoms with Crippen molar-refractivity contribution in [2.24, 2.45) is 0 Å². The first kappa shape index (κ1) is 11.8. The standard InChI is InChI=1S/C14H14BrN3/c1-9-2-4-10(5-3-9)14-17-12-6-7-16-8-11(12)13(15)18-14/h2-5,16H,6-8H2,1H3. The average Bonchev–Trinajstić information content (AvgIpc) is 2.39. The van der Waals surface area contributed by atoms with Crippen LogP contribution >= 0.6 is 15.9 Å². The minimum atomic E-state index is 0.808. The summed E-state index contributed by atoms with van der Waals surface area (Å²) in [5, 5.41) is 3.34. The first-order valence-electron chi connectivity index (χ1n) is 6.07. The second-order valence-electron chi connectivity index (χ2n) is 4.56. The third-order valence-electron chi connectivity index (χ3n) is 3.19. The van der Waals surface area contributed by atoms with Crippen molar-refractivity contribution >= 4 is 15.9 Å². The smallest absolute Gasteiger partial charge is 0.160 e. The van der Waals surface area contributed by atoms with Crippen LogP contribution in [0.15, 0.2) is 28.9 Å². The number of aryl methyl sites for hydroxylation is 1. The number of nitrogens with one attached hydrogen (secondary N) is 1. The fourth-order valence-corrected chi connectivity index (χ4v) is 2.67. The molecule has 0 radical (unpaired) electrons. The molecule has 1 N–H and O–H groups in total. The van der Waals surface area contributed by atoms with E-state index in [4.69, 9.17) is 4.98 Å². The molecule has 1 aromatic carbocycles. The van der Waals surface area contributed by atoms with E-state index in [2.05, 4.69) is 57.4 Å². The molecule has 0 bridgehead atoms. The molecule has 2 heterocycles. The maximum atomic E-state index is 4.69. The number of hydrogen-bond acceptors (Lipinski definition) is 3. The Bertz CT molecular complexity index is 578. The molecule has 3 rings (SSSR count). The summed E-state index contributed by atoms with van der Waals surface area (Å²) < 4.78 is 0.912. The second-order valence-corrected chi connectivity index (χ2v) is 5.31. The lowest BCUT2D eigenvalue weighted by Gasteiger charge is -2.17. The fourth-order valence-electron chi connectivity index (χ4n) is 2.13. The summed E-state index contributed by atoms with van der Waals surface area (Å²) in [7, 11) is 0. The molecule has 0 aliphatic carbocycles. The zero-order valence-corrected chi connectivity index (χ0v) is 11.8. The molecule has 0 atom stereocenters. The zero-order valence-electron chi connectivity index (χ0n) is 10.2. The molecule has 92 valence electrons. The number of hydrogen-bond donors (Lipinski definition) is 1. The summed E-state index contributed by atoms with van der Waals surface area (Å²) in [6.07, 6.45) is 0.968. The SMILES string of the molecule is Cc1ccc(-c2nc(Br)c3c(n2)CCNC3)cc1. The van der Waals surface area contributed by atoms with Crippen LogP contribution in [0.2, 0.25) is 0 Å². The first-order valence-corrected chi connectivity index (χ1v) is 6.86. The van der Waals surface area contributed by atoms with Gasteiger partial charge in [-0.05, 0) is 22.9 Å². The Morgan fingerprint density at radius 3 is 2.72 bits per heavy atom. The van der Waals surface area contributed by atoms with Gasteiger partial charge in [-0.2, -0.15) is 0 Å². The summed E-state index contributed by atoms with van der Waals surface area (Å²) in [5.41, 5.74) is 4.67. The highest BCUT2D eigenvalue weighted by Gasteiger charge is 2.16. The zero-order chi connectivity index (χ0) is 12.5. The van der Waals surface area contributed by atoms with Crippen LogP contribution in [0.5, 0.6) is 0 Å². The Labute approximate surface area is 115 Å². The van der Waals surface area contributed by atoms with Gasteiger partial charge in [0.25, 0.3) is 0 Å². The van der Waals surface area contributed by atoms with Crippen LogP contribution < -0.4 is 5.32 Å². The minimum absolute atomic E-state index is 0.808. The van der Waals surface area contributed by atoms with E-state index in [1.165, 1.54) is 11.1 Å². The van der Waals surface area contributed by atoms with Gasteiger partial charge in [-0.1, -0.05) is 29.8 Å². The Kier molecular flexibility index (Phi) is 3.14. The summed E-state index contributed by atoms with van der Waals surface area (Å²) in [4.78, 5) is 9.24. The molecule has 0 saturated carbocycles. The van der Waals surface area contributed by atoms with E-state index >= 15 is 0 Å². The van der Waals surface area contributed by atoms with Crippen molar-refractivity contribution in [3.8, 4) is 11.4 Å². The molecule has 0 spiro atoms. The normalized spacial score (nSPS) is 14.3. The molecule has 0 saturated heterocycles. The van der Waals surface area contributed by atoms with Crippen LogP contribution in [0, 0.1) is 6.92 Å². The molecule has 0 amide bonds. The van der Waals surface area contributed by atoms with Crippen LogP contribution in [0.25, 0.3) is 11.4 Å². The highest BCUT2D eigenvalue weighted by Crippen LogP contribution is 2.24. The van der Waals surface area contributed by atoms with Crippen molar-refractivity contribution < 1.29 is 0 Å². The second kappa shape index (κ2) is 4.78.